The van der Waals surface area contributed by atoms with Crippen LogP contribution in [0.3, 0.4) is 0 Å². The van der Waals surface area contributed by atoms with E-state index in [9.17, 15) is 31.2 Å². The summed E-state index contributed by atoms with van der Waals surface area (Å²) in [7, 11) is -4.12. The number of hydrogen-bond donors (Lipinski definition) is 1. The standard InChI is InChI=1S/C17H16F3N3O4S/c18-17(19,20)13-2-1-3-14(10-13)28(26,27)23-8-6-22(7-9-23)16(25)12-4-5-15(24)21-11-12/h1-5,10-11H,6-9H2,(H,21,24). The van der Waals surface area contributed by atoms with Crippen molar-refractivity contribution in [2.75, 3.05) is 26.2 Å². The van der Waals surface area contributed by atoms with Crippen LogP contribution in [0.2, 0.25) is 0 Å². The van der Waals surface area contributed by atoms with Crippen molar-refractivity contribution in [2.45, 2.75) is 11.1 Å². The molecule has 1 fully saturated rings. The van der Waals surface area contributed by atoms with E-state index in [2.05, 4.69) is 4.98 Å². The van der Waals surface area contributed by atoms with Crippen molar-refractivity contribution in [3.8, 4) is 0 Å². The topological polar surface area (TPSA) is 90.6 Å². The Hall–Kier alpha value is -2.66. The summed E-state index contributed by atoms with van der Waals surface area (Å²) in [5.41, 5.74) is -1.14. The highest BCUT2D eigenvalue weighted by Crippen LogP contribution is 2.31. The number of pyridine rings is 1. The molecule has 0 unspecified atom stereocenters. The molecule has 1 saturated heterocycles. The Bertz CT molecular complexity index is 1020. The molecule has 1 N–H and O–H groups in total. The van der Waals surface area contributed by atoms with Gasteiger partial charge < -0.3 is 9.88 Å². The van der Waals surface area contributed by atoms with E-state index < -0.39 is 26.7 Å². The smallest absolute Gasteiger partial charge is 0.336 e. The van der Waals surface area contributed by atoms with Crippen LogP contribution in [0.15, 0.2) is 52.3 Å². The van der Waals surface area contributed by atoms with E-state index in [-0.39, 0.29) is 43.2 Å². The molecule has 11 heteroatoms. The van der Waals surface area contributed by atoms with Crippen molar-refractivity contribution >= 4 is 15.9 Å². The number of nitrogens with zero attached hydrogens (tertiary/aromatic N) is 2. The number of halogens is 3. The Morgan fingerprint density at radius 2 is 1.71 bits per heavy atom. The summed E-state index contributed by atoms with van der Waals surface area (Å²) in [5, 5.41) is 0. The van der Waals surface area contributed by atoms with E-state index in [1.165, 1.54) is 23.2 Å². The molecule has 28 heavy (non-hydrogen) atoms. The molecule has 150 valence electrons. The van der Waals surface area contributed by atoms with Gasteiger partial charge in [0.25, 0.3) is 5.91 Å². The highest BCUT2D eigenvalue weighted by atomic mass is 32.2. The first kappa shape index (κ1) is 20.1. The molecule has 1 aromatic heterocycles. The molecule has 2 heterocycles. The number of piperazine rings is 1. The summed E-state index contributed by atoms with van der Waals surface area (Å²) >= 11 is 0. The van der Waals surface area contributed by atoms with E-state index in [1.54, 1.807) is 0 Å². The minimum Gasteiger partial charge on any atom is -0.336 e. The van der Waals surface area contributed by atoms with Gasteiger partial charge in [-0.2, -0.15) is 17.5 Å². The summed E-state index contributed by atoms with van der Waals surface area (Å²) in [4.78, 5) is 26.8. The molecule has 1 amide bonds. The van der Waals surface area contributed by atoms with Gasteiger partial charge in [-0.25, -0.2) is 8.42 Å². The second kappa shape index (κ2) is 7.40. The van der Waals surface area contributed by atoms with E-state index in [0.29, 0.717) is 6.07 Å². The number of amides is 1. The lowest BCUT2D eigenvalue weighted by Gasteiger charge is -2.34. The van der Waals surface area contributed by atoms with Crippen LogP contribution in [0.1, 0.15) is 15.9 Å². The van der Waals surface area contributed by atoms with Gasteiger partial charge in [-0.3, -0.25) is 9.59 Å². The van der Waals surface area contributed by atoms with Crippen LogP contribution in [0.4, 0.5) is 13.2 Å². The lowest BCUT2D eigenvalue weighted by atomic mass is 10.2. The molecule has 1 aliphatic rings. The van der Waals surface area contributed by atoms with Crippen molar-refractivity contribution in [3.63, 3.8) is 0 Å². The third-order valence-corrected chi connectivity index (χ3v) is 6.25. The maximum Gasteiger partial charge on any atom is 0.416 e. The molecular weight excluding hydrogens is 399 g/mol. The van der Waals surface area contributed by atoms with Crippen LogP contribution in [0.25, 0.3) is 0 Å². The molecular formula is C17H16F3N3O4S. The van der Waals surface area contributed by atoms with Gasteiger partial charge in [-0.15, -0.1) is 0 Å². The summed E-state index contributed by atoms with van der Waals surface area (Å²) < 4.78 is 64.9. The Labute approximate surface area is 158 Å². The lowest BCUT2D eigenvalue weighted by molar-refractivity contribution is -0.137. The van der Waals surface area contributed by atoms with Crippen LogP contribution in [-0.4, -0.2) is 54.7 Å². The first-order valence-corrected chi connectivity index (χ1v) is 9.68. The van der Waals surface area contributed by atoms with Gasteiger partial charge in [0, 0.05) is 38.4 Å². The van der Waals surface area contributed by atoms with Crippen molar-refractivity contribution < 1.29 is 26.4 Å². The fraction of sp³-hybridized carbons (Fsp3) is 0.294. The summed E-state index contributed by atoms with van der Waals surface area (Å²) in [6.45, 7) is 0.0631. The van der Waals surface area contributed by atoms with Crippen molar-refractivity contribution in [1.82, 2.24) is 14.2 Å². The minimum absolute atomic E-state index is 0.0479. The van der Waals surface area contributed by atoms with Gasteiger partial charge in [0.2, 0.25) is 15.6 Å². The molecule has 0 saturated carbocycles. The number of rotatable bonds is 3. The van der Waals surface area contributed by atoms with E-state index in [0.717, 1.165) is 22.5 Å². The fourth-order valence-corrected chi connectivity index (χ4v) is 4.31. The zero-order valence-electron chi connectivity index (χ0n) is 14.4. The minimum atomic E-state index is -4.65. The molecule has 0 aliphatic carbocycles. The average Bonchev–Trinajstić information content (AvgIpc) is 2.67. The number of H-pyrrole nitrogens is 1. The van der Waals surface area contributed by atoms with E-state index in [1.807, 2.05) is 0 Å². The third-order valence-electron chi connectivity index (χ3n) is 4.36. The third kappa shape index (κ3) is 4.09. The quantitative estimate of drug-likeness (QED) is 0.824. The number of carbonyl (C=O) groups excluding carboxylic acids is 1. The van der Waals surface area contributed by atoms with Gasteiger partial charge in [-0.1, -0.05) is 6.07 Å². The lowest BCUT2D eigenvalue weighted by Crippen LogP contribution is -2.50. The largest absolute Gasteiger partial charge is 0.416 e. The van der Waals surface area contributed by atoms with Crippen LogP contribution < -0.4 is 5.56 Å². The van der Waals surface area contributed by atoms with Crippen LogP contribution in [0, 0.1) is 0 Å². The number of benzene rings is 1. The Kier molecular flexibility index (Phi) is 5.31. The van der Waals surface area contributed by atoms with Gasteiger partial charge >= 0.3 is 6.18 Å². The molecule has 2 aromatic rings. The first-order chi connectivity index (χ1) is 13.1. The number of alkyl halides is 3. The summed E-state index contributed by atoms with van der Waals surface area (Å²) in [6.07, 6.45) is -3.37. The molecule has 1 aliphatic heterocycles. The number of carbonyl (C=O) groups is 1. The molecule has 7 nitrogen and oxygen atoms in total. The second-order valence-electron chi connectivity index (χ2n) is 6.16. The van der Waals surface area contributed by atoms with Gasteiger partial charge in [0.05, 0.1) is 16.0 Å². The molecule has 0 radical (unpaired) electrons. The SMILES string of the molecule is O=C(c1ccc(=O)[nH]c1)N1CCN(S(=O)(=O)c2cccc(C(F)(F)F)c2)CC1. The maximum atomic E-state index is 12.8. The fourth-order valence-electron chi connectivity index (χ4n) is 2.84. The predicted octanol–water partition coefficient (Wildman–Crippen LogP) is 1.54. The molecule has 0 spiro atoms. The Balaban J connectivity index is 1.73. The first-order valence-electron chi connectivity index (χ1n) is 8.24. The van der Waals surface area contributed by atoms with E-state index in [4.69, 9.17) is 0 Å². The molecule has 0 atom stereocenters. The van der Waals surface area contributed by atoms with Gasteiger partial charge in [0.1, 0.15) is 0 Å². The van der Waals surface area contributed by atoms with Crippen LogP contribution in [0.5, 0.6) is 0 Å². The van der Waals surface area contributed by atoms with Crippen LogP contribution >= 0.6 is 0 Å². The Morgan fingerprint density at radius 1 is 1.04 bits per heavy atom. The molecule has 0 bridgehead atoms. The number of nitrogens with one attached hydrogen (secondary N) is 1. The van der Waals surface area contributed by atoms with Crippen LogP contribution in [-0.2, 0) is 16.2 Å². The van der Waals surface area contributed by atoms with Crippen molar-refractivity contribution in [2.24, 2.45) is 0 Å². The zero-order chi connectivity index (χ0) is 20.5. The summed E-state index contributed by atoms with van der Waals surface area (Å²) in [5.74, 6) is -0.368. The van der Waals surface area contributed by atoms with Gasteiger partial charge in [0.15, 0.2) is 0 Å². The van der Waals surface area contributed by atoms with Gasteiger partial charge in [-0.05, 0) is 24.3 Å². The number of sulfonamides is 1. The number of aromatic amines is 1. The highest BCUT2D eigenvalue weighted by Gasteiger charge is 2.34. The zero-order valence-corrected chi connectivity index (χ0v) is 15.3. The predicted molar refractivity (Wildman–Crippen MR) is 93.2 cm³/mol. The monoisotopic (exact) mass is 415 g/mol. The normalized spacial score (nSPS) is 16.2. The maximum absolute atomic E-state index is 12.8. The van der Waals surface area contributed by atoms with E-state index >= 15 is 0 Å². The Morgan fingerprint density at radius 3 is 2.29 bits per heavy atom. The van der Waals surface area contributed by atoms with Crippen molar-refractivity contribution in [3.05, 3.63) is 64.1 Å². The molecule has 1 aromatic carbocycles. The number of aromatic nitrogens is 1. The second-order valence-corrected chi connectivity index (χ2v) is 8.10. The summed E-state index contributed by atoms with van der Waals surface area (Å²) in [6, 6.07) is 6.15. The average molecular weight is 415 g/mol. The highest BCUT2D eigenvalue weighted by molar-refractivity contribution is 7.89. The van der Waals surface area contributed by atoms with Crippen molar-refractivity contribution in [1.29, 1.82) is 0 Å². The number of hydrogen-bond acceptors (Lipinski definition) is 4. The molecule has 3 rings (SSSR count).